The van der Waals surface area contributed by atoms with Gasteiger partial charge in [0.15, 0.2) is 0 Å². The van der Waals surface area contributed by atoms with E-state index in [1.807, 2.05) is 13.3 Å². The van der Waals surface area contributed by atoms with Gasteiger partial charge >= 0.3 is 0 Å². The van der Waals surface area contributed by atoms with Crippen LogP contribution in [0.1, 0.15) is 36.0 Å². The molecule has 3 aromatic rings. The van der Waals surface area contributed by atoms with Gasteiger partial charge in [-0.2, -0.15) is 0 Å². The van der Waals surface area contributed by atoms with Gasteiger partial charge in [0, 0.05) is 19.0 Å². The Morgan fingerprint density at radius 3 is 3.00 bits per heavy atom. The average molecular weight is 314 g/mol. The highest BCUT2D eigenvalue weighted by molar-refractivity contribution is 7.17. The van der Waals surface area contributed by atoms with E-state index < -0.39 is 0 Å². The molecule has 4 rings (SSSR count). The van der Waals surface area contributed by atoms with Gasteiger partial charge in [-0.3, -0.25) is 0 Å². The molecule has 7 heteroatoms. The Balaban J connectivity index is 1.51. The van der Waals surface area contributed by atoms with E-state index in [0.717, 1.165) is 40.8 Å². The van der Waals surface area contributed by atoms with Gasteiger partial charge in [-0.05, 0) is 37.6 Å². The second-order valence-electron chi connectivity index (χ2n) is 5.80. The molecule has 0 spiro atoms. The van der Waals surface area contributed by atoms with Crippen molar-refractivity contribution in [1.82, 2.24) is 24.7 Å². The molecule has 0 bridgehead atoms. The third-order valence-electron chi connectivity index (χ3n) is 3.96. The van der Waals surface area contributed by atoms with E-state index in [1.165, 1.54) is 18.4 Å². The number of rotatable bonds is 5. The summed E-state index contributed by atoms with van der Waals surface area (Å²) in [6.07, 6.45) is 4.31. The number of anilines is 1. The molecule has 1 aliphatic carbocycles. The molecule has 1 saturated carbocycles. The topological polar surface area (TPSA) is 68.5 Å². The van der Waals surface area contributed by atoms with E-state index >= 15 is 0 Å². The Kier molecular flexibility index (Phi) is 3.29. The zero-order valence-electron chi connectivity index (χ0n) is 12.7. The van der Waals surface area contributed by atoms with Crippen LogP contribution < -0.4 is 5.32 Å². The molecule has 0 unspecified atom stereocenters. The molecule has 1 fully saturated rings. The van der Waals surface area contributed by atoms with Gasteiger partial charge in [0.05, 0.1) is 5.39 Å². The van der Waals surface area contributed by atoms with Gasteiger partial charge in [-0.25, -0.2) is 9.97 Å². The molecular formula is C15H18N6S. The van der Waals surface area contributed by atoms with E-state index in [-0.39, 0.29) is 0 Å². The number of hydrogen-bond acceptors (Lipinski definition) is 6. The van der Waals surface area contributed by atoms with Crippen molar-refractivity contribution in [2.75, 3.05) is 11.9 Å². The highest BCUT2D eigenvalue weighted by atomic mass is 32.1. The number of fused-ring (bicyclic) bond motifs is 1. The monoisotopic (exact) mass is 314 g/mol. The van der Waals surface area contributed by atoms with Gasteiger partial charge in [-0.1, -0.05) is 0 Å². The maximum absolute atomic E-state index is 4.57. The van der Waals surface area contributed by atoms with E-state index in [9.17, 15) is 0 Å². The van der Waals surface area contributed by atoms with E-state index in [0.29, 0.717) is 5.92 Å². The van der Waals surface area contributed by atoms with Crippen molar-refractivity contribution in [3.05, 3.63) is 28.9 Å². The van der Waals surface area contributed by atoms with Crippen molar-refractivity contribution in [2.24, 2.45) is 0 Å². The summed E-state index contributed by atoms with van der Waals surface area (Å²) in [5.74, 6) is 3.48. The normalized spacial score (nSPS) is 14.6. The van der Waals surface area contributed by atoms with Crippen molar-refractivity contribution in [3.63, 3.8) is 0 Å². The number of nitrogens with zero attached hydrogens (tertiary/aromatic N) is 5. The minimum absolute atomic E-state index is 0.620. The summed E-state index contributed by atoms with van der Waals surface area (Å²) in [6, 6.07) is 0. The summed E-state index contributed by atoms with van der Waals surface area (Å²) in [5.41, 5.74) is 1.23. The van der Waals surface area contributed by atoms with Gasteiger partial charge in [0.2, 0.25) is 0 Å². The summed E-state index contributed by atoms with van der Waals surface area (Å²) in [6.45, 7) is 5.70. The predicted molar refractivity (Wildman–Crippen MR) is 87.4 cm³/mol. The largest absolute Gasteiger partial charge is 0.368 e. The van der Waals surface area contributed by atoms with Crippen LogP contribution in [0, 0.1) is 13.8 Å². The zero-order chi connectivity index (χ0) is 15.1. The van der Waals surface area contributed by atoms with Crippen LogP contribution in [0.4, 0.5) is 5.82 Å². The Bertz CT molecular complexity index is 817. The van der Waals surface area contributed by atoms with Crippen LogP contribution in [0.5, 0.6) is 0 Å². The molecular weight excluding hydrogens is 296 g/mol. The molecule has 1 N–H and O–H groups in total. The fourth-order valence-electron chi connectivity index (χ4n) is 2.71. The van der Waals surface area contributed by atoms with Crippen LogP contribution in [-0.2, 0) is 6.54 Å². The third kappa shape index (κ3) is 2.45. The molecule has 114 valence electrons. The lowest BCUT2D eigenvalue weighted by atomic mass is 10.2. The lowest BCUT2D eigenvalue weighted by Gasteiger charge is -2.10. The maximum atomic E-state index is 4.57. The van der Waals surface area contributed by atoms with Crippen LogP contribution in [-0.4, -0.2) is 31.3 Å². The summed E-state index contributed by atoms with van der Waals surface area (Å²) in [4.78, 5) is 10.1. The van der Waals surface area contributed by atoms with Crippen LogP contribution >= 0.6 is 11.3 Å². The van der Waals surface area contributed by atoms with Crippen LogP contribution in [0.25, 0.3) is 10.2 Å². The molecule has 0 amide bonds. The van der Waals surface area contributed by atoms with Gasteiger partial charge in [0.1, 0.15) is 28.6 Å². The van der Waals surface area contributed by atoms with Gasteiger partial charge < -0.3 is 9.88 Å². The van der Waals surface area contributed by atoms with Crippen molar-refractivity contribution in [1.29, 1.82) is 0 Å². The highest BCUT2D eigenvalue weighted by Crippen LogP contribution is 2.38. The molecule has 3 heterocycles. The second kappa shape index (κ2) is 5.31. The minimum Gasteiger partial charge on any atom is -0.368 e. The SMILES string of the molecule is Cc1nc(NCCn2cnnc2C2CC2)c2c(C)csc2n1. The highest BCUT2D eigenvalue weighted by Gasteiger charge is 2.28. The number of hydrogen-bond donors (Lipinski definition) is 1. The van der Waals surface area contributed by atoms with Crippen LogP contribution in [0.15, 0.2) is 11.7 Å². The Morgan fingerprint density at radius 2 is 2.18 bits per heavy atom. The number of thiophene rings is 1. The second-order valence-corrected chi connectivity index (χ2v) is 6.66. The molecule has 0 aliphatic heterocycles. The summed E-state index contributed by atoms with van der Waals surface area (Å²) in [7, 11) is 0. The third-order valence-corrected chi connectivity index (χ3v) is 4.95. The first-order valence-corrected chi connectivity index (χ1v) is 8.44. The lowest BCUT2D eigenvalue weighted by molar-refractivity contribution is 0.675. The molecule has 6 nitrogen and oxygen atoms in total. The molecule has 22 heavy (non-hydrogen) atoms. The van der Waals surface area contributed by atoms with Crippen molar-refractivity contribution in [2.45, 2.75) is 39.2 Å². The summed E-state index contributed by atoms with van der Waals surface area (Å²) >= 11 is 1.67. The summed E-state index contributed by atoms with van der Waals surface area (Å²) < 4.78 is 2.15. The lowest BCUT2D eigenvalue weighted by Crippen LogP contribution is -2.13. The van der Waals surface area contributed by atoms with E-state index in [2.05, 4.69) is 42.4 Å². The van der Waals surface area contributed by atoms with Gasteiger partial charge in [0.25, 0.3) is 0 Å². The van der Waals surface area contributed by atoms with Crippen LogP contribution in [0.3, 0.4) is 0 Å². The smallest absolute Gasteiger partial charge is 0.138 e. The zero-order valence-corrected chi connectivity index (χ0v) is 13.5. The predicted octanol–water partition coefficient (Wildman–Crippen LogP) is 2.89. The number of aryl methyl sites for hydroxylation is 2. The minimum atomic E-state index is 0.620. The first-order valence-electron chi connectivity index (χ1n) is 7.56. The molecule has 1 aliphatic rings. The first-order chi connectivity index (χ1) is 10.7. The average Bonchev–Trinajstić information content (AvgIpc) is 3.12. The molecule has 3 aromatic heterocycles. The Labute approximate surface area is 132 Å². The first kappa shape index (κ1) is 13.6. The number of aromatic nitrogens is 5. The van der Waals surface area contributed by atoms with E-state index in [1.54, 1.807) is 11.3 Å². The molecule has 0 atom stereocenters. The van der Waals surface area contributed by atoms with Crippen LogP contribution in [0.2, 0.25) is 0 Å². The number of nitrogens with one attached hydrogen (secondary N) is 1. The standard InChI is InChI=1S/C15H18N6S/c1-9-7-22-15-12(9)13(18-10(2)19-15)16-5-6-21-8-17-20-14(21)11-3-4-11/h7-8,11H,3-6H2,1-2H3,(H,16,18,19). The Morgan fingerprint density at radius 1 is 1.32 bits per heavy atom. The molecule has 0 aromatic carbocycles. The molecule has 0 saturated heterocycles. The Hall–Kier alpha value is -2.02. The fourth-order valence-corrected chi connectivity index (χ4v) is 3.67. The fraction of sp³-hybridized carbons (Fsp3) is 0.467. The van der Waals surface area contributed by atoms with Crippen molar-refractivity contribution >= 4 is 27.4 Å². The maximum Gasteiger partial charge on any atom is 0.138 e. The summed E-state index contributed by atoms with van der Waals surface area (Å²) in [5, 5.41) is 15.0. The van der Waals surface area contributed by atoms with E-state index in [4.69, 9.17) is 0 Å². The van der Waals surface area contributed by atoms with Crippen molar-refractivity contribution < 1.29 is 0 Å². The molecule has 0 radical (unpaired) electrons. The quantitative estimate of drug-likeness (QED) is 0.784. The van der Waals surface area contributed by atoms with Gasteiger partial charge in [-0.15, -0.1) is 21.5 Å². The van der Waals surface area contributed by atoms with Crippen molar-refractivity contribution in [3.8, 4) is 0 Å².